The van der Waals surface area contributed by atoms with E-state index >= 15 is 0 Å². The fraction of sp³-hybridized carbons (Fsp3) is 0.188. The Balaban J connectivity index is 2.29. The van der Waals surface area contributed by atoms with Gasteiger partial charge in [0.2, 0.25) is 0 Å². The molecule has 2 rings (SSSR count). The molecule has 1 aromatic carbocycles. The molecule has 2 aromatic rings. The minimum atomic E-state index is -0.791. The fourth-order valence-electron chi connectivity index (χ4n) is 1.90. The van der Waals surface area contributed by atoms with Gasteiger partial charge in [0.25, 0.3) is 0 Å². The number of carbonyl (C=O) groups excluding carboxylic acids is 1. The van der Waals surface area contributed by atoms with Crippen molar-refractivity contribution >= 4 is 5.78 Å². The van der Waals surface area contributed by atoms with Crippen LogP contribution in [0, 0.1) is 11.3 Å². The molecular weight excluding hydrogens is 236 g/mol. The quantitative estimate of drug-likeness (QED) is 0.783. The number of ketones is 1. The van der Waals surface area contributed by atoms with Crippen LogP contribution in [0.2, 0.25) is 0 Å². The number of carbonyl (C=O) groups is 1. The zero-order valence-corrected chi connectivity index (χ0v) is 10.7. The van der Waals surface area contributed by atoms with Gasteiger partial charge < -0.3 is 0 Å². The molecule has 0 aliphatic carbocycles. The van der Waals surface area contributed by atoms with E-state index in [1.165, 1.54) is 5.56 Å². The maximum Gasteiger partial charge on any atom is 0.184 e. The van der Waals surface area contributed by atoms with Gasteiger partial charge in [-0.25, -0.2) is 0 Å². The lowest BCUT2D eigenvalue weighted by Gasteiger charge is -2.08. The number of Topliss-reactive ketones (excluding diaryl/α,β-unsaturated/α-hetero) is 1. The van der Waals surface area contributed by atoms with Crippen molar-refractivity contribution in [3.05, 3.63) is 65.5 Å². The van der Waals surface area contributed by atoms with E-state index in [1.54, 1.807) is 36.7 Å². The van der Waals surface area contributed by atoms with Crippen LogP contribution in [-0.4, -0.2) is 10.8 Å². The smallest absolute Gasteiger partial charge is 0.184 e. The zero-order valence-electron chi connectivity index (χ0n) is 10.7. The molecule has 1 atom stereocenters. The minimum absolute atomic E-state index is 0.182. The van der Waals surface area contributed by atoms with Crippen molar-refractivity contribution in [2.75, 3.05) is 0 Å². The average Bonchev–Trinajstić information content (AvgIpc) is 2.49. The van der Waals surface area contributed by atoms with Crippen LogP contribution in [0.4, 0.5) is 0 Å². The van der Waals surface area contributed by atoms with E-state index in [0.29, 0.717) is 11.1 Å². The van der Waals surface area contributed by atoms with Crippen molar-refractivity contribution < 1.29 is 4.79 Å². The van der Waals surface area contributed by atoms with E-state index in [0.717, 1.165) is 6.42 Å². The Kier molecular flexibility index (Phi) is 4.04. The van der Waals surface area contributed by atoms with Gasteiger partial charge in [0.1, 0.15) is 5.92 Å². The van der Waals surface area contributed by atoms with Crippen molar-refractivity contribution in [2.45, 2.75) is 19.3 Å². The predicted octanol–water partition coefficient (Wildman–Crippen LogP) is 3.13. The summed E-state index contributed by atoms with van der Waals surface area (Å²) in [6.45, 7) is 2.06. The van der Waals surface area contributed by atoms with Gasteiger partial charge in [-0.15, -0.1) is 0 Å². The Bertz CT molecular complexity index is 597. The topological polar surface area (TPSA) is 53.8 Å². The number of hydrogen-bond acceptors (Lipinski definition) is 3. The minimum Gasteiger partial charge on any atom is -0.292 e. The lowest BCUT2D eigenvalue weighted by molar-refractivity contribution is 0.0978. The van der Waals surface area contributed by atoms with E-state index in [1.807, 2.05) is 12.1 Å². The van der Waals surface area contributed by atoms with E-state index in [4.69, 9.17) is 0 Å². The van der Waals surface area contributed by atoms with E-state index in [2.05, 4.69) is 18.0 Å². The largest absolute Gasteiger partial charge is 0.292 e. The molecule has 1 aromatic heterocycles. The van der Waals surface area contributed by atoms with E-state index < -0.39 is 5.92 Å². The first-order valence-electron chi connectivity index (χ1n) is 6.19. The molecule has 0 fully saturated rings. The number of rotatable bonds is 4. The summed E-state index contributed by atoms with van der Waals surface area (Å²) in [6, 6.07) is 12.9. The van der Waals surface area contributed by atoms with Gasteiger partial charge in [0.15, 0.2) is 5.78 Å². The van der Waals surface area contributed by atoms with Gasteiger partial charge in [-0.3, -0.25) is 9.78 Å². The van der Waals surface area contributed by atoms with Gasteiger partial charge in [0.05, 0.1) is 6.07 Å². The standard InChI is InChI=1S/C16H14N2O/c1-2-12-5-7-13(8-6-12)16(19)15(10-17)14-4-3-9-18-11-14/h3-9,11,15H,2H2,1H3. The Hall–Kier alpha value is -2.47. The number of nitriles is 1. The van der Waals surface area contributed by atoms with Crippen molar-refractivity contribution in [3.63, 3.8) is 0 Å². The average molecular weight is 250 g/mol. The number of hydrogen-bond donors (Lipinski definition) is 0. The molecule has 19 heavy (non-hydrogen) atoms. The lowest BCUT2D eigenvalue weighted by Crippen LogP contribution is -2.11. The first kappa shape index (κ1) is 13.0. The maximum absolute atomic E-state index is 12.3. The normalized spacial score (nSPS) is 11.6. The molecular formula is C16H14N2O. The molecule has 0 spiro atoms. The second-order valence-corrected chi connectivity index (χ2v) is 4.26. The molecule has 0 amide bonds. The molecule has 1 heterocycles. The third-order valence-electron chi connectivity index (χ3n) is 3.06. The van der Waals surface area contributed by atoms with E-state index in [9.17, 15) is 10.1 Å². The Labute approximate surface area is 112 Å². The molecule has 3 nitrogen and oxygen atoms in total. The van der Waals surface area contributed by atoms with Crippen molar-refractivity contribution in [1.29, 1.82) is 5.26 Å². The number of aryl methyl sites for hydroxylation is 1. The lowest BCUT2D eigenvalue weighted by atomic mass is 9.92. The summed E-state index contributed by atoms with van der Waals surface area (Å²) >= 11 is 0. The van der Waals surface area contributed by atoms with Gasteiger partial charge in [-0.1, -0.05) is 37.3 Å². The molecule has 0 N–H and O–H groups in total. The zero-order chi connectivity index (χ0) is 13.7. The molecule has 1 unspecified atom stereocenters. The first-order chi connectivity index (χ1) is 9.26. The Morgan fingerprint density at radius 3 is 2.58 bits per heavy atom. The summed E-state index contributed by atoms with van der Waals surface area (Å²) in [6.07, 6.45) is 4.11. The van der Waals surface area contributed by atoms with Crippen LogP contribution in [0.25, 0.3) is 0 Å². The van der Waals surface area contributed by atoms with Crippen LogP contribution >= 0.6 is 0 Å². The SMILES string of the molecule is CCc1ccc(C(=O)C(C#N)c2cccnc2)cc1. The third kappa shape index (κ3) is 2.86. The summed E-state index contributed by atoms with van der Waals surface area (Å²) in [4.78, 5) is 16.3. The molecule has 0 saturated heterocycles. The highest BCUT2D eigenvalue weighted by Crippen LogP contribution is 2.20. The molecule has 3 heteroatoms. The Morgan fingerprint density at radius 1 is 1.32 bits per heavy atom. The fourth-order valence-corrected chi connectivity index (χ4v) is 1.90. The maximum atomic E-state index is 12.3. The highest BCUT2D eigenvalue weighted by Gasteiger charge is 2.21. The summed E-state index contributed by atoms with van der Waals surface area (Å²) in [5.74, 6) is -0.973. The monoisotopic (exact) mass is 250 g/mol. The van der Waals surface area contributed by atoms with Crippen molar-refractivity contribution in [3.8, 4) is 6.07 Å². The second kappa shape index (κ2) is 5.92. The van der Waals surface area contributed by atoms with Gasteiger partial charge in [-0.05, 0) is 23.6 Å². The number of nitrogens with zero attached hydrogens (tertiary/aromatic N) is 2. The van der Waals surface area contributed by atoms with Crippen LogP contribution < -0.4 is 0 Å². The number of aromatic nitrogens is 1. The Morgan fingerprint density at radius 2 is 2.05 bits per heavy atom. The molecule has 0 saturated carbocycles. The highest BCUT2D eigenvalue weighted by atomic mass is 16.1. The predicted molar refractivity (Wildman–Crippen MR) is 72.7 cm³/mol. The van der Waals surface area contributed by atoms with Crippen LogP contribution in [0.15, 0.2) is 48.8 Å². The van der Waals surface area contributed by atoms with Gasteiger partial charge >= 0.3 is 0 Å². The summed E-state index contributed by atoms with van der Waals surface area (Å²) in [7, 11) is 0. The molecule has 0 aliphatic rings. The second-order valence-electron chi connectivity index (χ2n) is 4.26. The summed E-state index contributed by atoms with van der Waals surface area (Å²) in [5.41, 5.74) is 2.37. The van der Waals surface area contributed by atoms with Crippen molar-refractivity contribution in [1.82, 2.24) is 4.98 Å². The van der Waals surface area contributed by atoms with Gasteiger partial charge in [0, 0.05) is 18.0 Å². The summed E-state index contributed by atoms with van der Waals surface area (Å²) < 4.78 is 0. The van der Waals surface area contributed by atoms with Crippen LogP contribution in [0.5, 0.6) is 0 Å². The highest BCUT2D eigenvalue weighted by molar-refractivity contribution is 6.02. The van der Waals surface area contributed by atoms with Gasteiger partial charge in [-0.2, -0.15) is 5.26 Å². The van der Waals surface area contributed by atoms with Crippen LogP contribution in [-0.2, 0) is 6.42 Å². The van der Waals surface area contributed by atoms with E-state index in [-0.39, 0.29) is 5.78 Å². The molecule has 0 radical (unpaired) electrons. The third-order valence-corrected chi connectivity index (χ3v) is 3.06. The first-order valence-corrected chi connectivity index (χ1v) is 6.19. The van der Waals surface area contributed by atoms with Crippen LogP contribution in [0.3, 0.4) is 0 Å². The summed E-state index contributed by atoms with van der Waals surface area (Å²) in [5, 5.41) is 9.21. The van der Waals surface area contributed by atoms with Crippen LogP contribution in [0.1, 0.15) is 34.3 Å². The number of pyridine rings is 1. The van der Waals surface area contributed by atoms with Crippen molar-refractivity contribution in [2.24, 2.45) is 0 Å². The molecule has 0 aliphatic heterocycles. The molecule has 0 bridgehead atoms. The molecule has 94 valence electrons. The number of benzene rings is 1.